The molecular weight excluding hydrogens is 216 g/mol. The van der Waals surface area contributed by atoms with E-state index in [0.717, 1.165) is 39.1 Å². The first-order valence-electron chi connectivity index (χ1n) is 5.35. The molecule has 4 nitrogen and oxygen atoms in total. The van der Waals surface area contributed by atoms with Crippen molar-refractivity contribution >= 4 is 17.6 Å². The van der Waals surface area contributed by atoms with Gasteiger partial charge in [-0.15, -0.1) is 11.6 Å². The Kier molecular flexibility index (Phi) is 5.98. The molecule has 0 aromatic rings. The van der Waals surface area contributed by atoms with Crippen LogP contribution >= 0.6 is 11.6 Å². The van der Waals surface area contributed by atoms with E-state index in [9.17, 15) is 4.79 Å². The Morgan fingerprint density at radius 2 is 2.00 bits per heavy atom. The van der Waals surface area contributed by atoms with Crippen molar-refractivity contribution in [1.29, 1.82) is 0 Å². The summed E-state index contributed by atoms with van der Waals surface area (Å²) in [7, 11) is 2.14. The van der Waals surface area contributed by atoms with E-state index in [0.29, 0.717) is 6.61 Å². The molecule has 1 rings (SSSR count). The number of ether oxygens (including phenoxy) is 1. The first-order valence-corrected chi connectivity index (χ1v) is 5.88. The maximum absolute atomic E-state index is 10.7. The SMILES string of the molecule is CN1CCN(CCCOC(=O)CCl)CC1. The minimum Gasteiger partial charge on any atom is -0.465 e. The summed E-state index contributed by atoms with van der Waals surface area (Å²) >= 11 is 5.31. The van der Waals surface area contributed by atoms with Crippen LogP contribution in [0.15, 0.2) is 0 Å². The molecule has 1 saturated heterocycles. The van der Waals surface area contributed by atoms with Gasteiger partial charge in [0.1, 0.15) is 5.88 Å². The number of carbonyl (C=O) groups is 1. The van der Waals surface area contributed by atoms with Crippen LogP contribution in [0.4, 0.5) is 0 Å². The van der Waals surface area contributed by atoms with Crippen LogP contribution in [0, 0.1) is 0 Å². The molecule has 0 aromatic carbocycles. The van der Waals surface area contributed by atoms with E-state index < -0.39 is 0 Å². The zero-order valence-corrected chi connectivity index (χ0v) is 10.0. The third-order valence-corrected chi connectivity index (χ3v) is 2.80. The highest BCUT2D eigenvalue weighted by molar-refractivity contribution is 6.26. The average Bonchev–Trinajstić information content (AvgIpc) is 2.26. The molecule has 0 aliphatic carbocycles. The number of carbonyl (C=O) groups excluding carboxylic acids is 1. The molecule has 5 heteroatoms. The second-order valence-corrected chi connectivity index (χ2v) is 4.12. The maximum Gasteiger partial charge on any atom is 0.320 e. The smallest absolute Gasteiger partial charge is 0.320 e. The van der Waals surface area contributed by atoms with Crippen LogP contribution in [0.25, 0.3) is 0 Å². The van der Waals surface area contributed by atoms with Crippen molar-refractivity contribution in [1.82, 2.24) is 9.80 Å². The molecule has 0 bridgehead atoms. The molecule has 1 aliphatic rings. The van der Waals surface area contributed by atoms with E-state index in [1.165, 1.54) is 0 Å². The Labute approximate surface area is 96.1 Å². The first-order chi connectivity index (χ1) is 7.22. The summed E-state index contributed by atoms with van der Waals surface area (Å²) in [6, 6.07) is 0. The van der Waals surface area contributed by atoms with Crippen molar-refractivity contribution in [2.75, 3.05) is 52.3 Å². The highest BCUT2D eigenvalue weighted by Gasteiger charge is 2.12. The minimum absolute atomic E-state index is 0.0471. The molecule has 1 aliphatic heterocycles. The molecule has 0 unspecified atom stereocenters. The van der Waals surface area contributed by atoms with Crippen molar-refractivity contribution in [3.8, 4) is 0 Å². The van der Waals surface area contributed by atoms with Crippen molar-refractivity contribution < 1.29 is 9.53 Å². The fourth-order valence-electron chi connectivity index (χ4n) is 1.58. The van der Waals surface area contributed by atoms with Gasteiger partial charge in [-0.05, 0) is 13.5 Å². The molecule has 88 valence electrons. The number of alkyl halides is 1. The van der Waals surface area contributed by atoms with E-state index in [2.05, 4.69) is 16.8 Å². The van der Waals surface area contributed by atoms with Crippen LogP contribution in [0.2, 0.25) is 0 Å². The molecule has 0 atom stereocenters. The van der Waals surface area contributed by atoms with Crippen molar-refractivity contribution in [2.24, 2.45) is 0 Å². The van der Waals surface area contributed by atoms with Gasteiger partial charge in [0.2, 0.25) is 0 Å². The fraction of sp³-hybridized carbons (Fsp3) is 0.900. The number of piperazine rings is 1. The van der Waals surface area contributed by atoms with Gasteiger partial charge in [0.15, 0.2) is 0 Å². The van der Waals surface area contributed by atoms with Crippen LogP contribution in [-0.4, -0.2) is 68.0 Å². The van der Waals surface area contributed by atoms with E-state index in [1.54, 1.807) is 0 Å². The molecule has 15 heavy (non-hydrogen) atoms. The highest BCUT2D eigenvalue weighted by atomic mass is 35.5. The summed E-state index contributed by atoms with van der Waals surface area (Å²) in [5.74, 6) is -0.371. The Morgan fingerprint density at radius 3 is 2.60 bits per heavy atom. The normalized spacial score (nSPS) is 19.1. The highest BCUT2D eigenvalue weighted by Crippen LogP contribution is 2.00. The second-order valence-electron chi connectivity index (χ2n) is 3.85. The van der Waals surface area contributed by atoms with Gasteiger partial charge in [0, 0.05) is 32.7 Å². The van der Waals surface area contributed by atoms with Gasteiger partial charge < -0.3 is 14.5 Å². The van der Waals surface area contributed by atoms with E-state index >= 15 is 0 Å². The predicted octanol–water partition coefficient (Wildman–Crippen LogP) is 0.406. The van der Waals surface area contributed by atoms with Crippen molar-refractivity contribution in [3.63, 3.8) is 0 Å². The number of rotatable bonds is 5. The number of likely N-dealkylation sites (N-methyl/N-ethyl adjacent to an activating group) is 1. The lowest BCUT2D eigenvalue weighted by Gasteiger charge is -2.32. The molecule has 0 spiro atoms. The van der Waals surface area contributed by atoms with Crippen molar-refractivity contribution in [2.45, 2.75) is 6.42 Å². The summed E-state index contributed by atoms with van der Waals surface area (Å²) in [5, 5.41) is 0. The zero-order chi connectivity index (χ0) is 11.1. The Balaban J connectivity index is 1.98. The molecular formula is C10H19ClN2O2. The summed E-state index contributed by atoms with van der Waals surface area (Å²) in [5.41, 5.74) is 0. The Hall–Kier alpha value is -0.320. The molecule has 0 radical (unpaired) electrons. The largest absolute Gasteiger partial charge is 0.465 e. The van der Waals surface area contributed by atoms with E-state index in [1.807, 2.05) is 0 Å². The fourth-order valence-corrected chi connectivity index (χ4v) is 1.66. The summed E-state index contributed by atoms with van der Waals surface area (Å²) in [6.45, 7) is 5.96. The molecule has 0 aromatic heterocycles. The van der Waals surface area contributed by atoms with Gasteiger partial charge in [-0.1, -0.05) is 0 Å². The predicted molar refractivity (Wildman–Crippen MR) is 60.2 cm³/mol. The maximum atomic E-state index is 10.7. The monoisotopic (exact) mass is 234 g/mol. The third kappa shape index (κ3) is 5.35. The molecule has 0 saturated carbocycles. The van der Waals surface area contributed by atoms with Gasteiger partial charge in [0.25, 0.3) is 0 Å². The van der Waals surface area contributed by atoms with E-state index in [4.69, 9.17) is 16.3 Å². The molecule has 0 amide bonds. The van der Waals surface area contributed by atoms with Gasteiger partial charge in [-0.25, -0.2) is 0 Å². The van der Waals surface area contributed by atoms with Gasteiger partial charge in [-0.3, -0.25) is 4.79 Å². The molecule has 0 N–H and O–H groups in total. The van der Waals surface area contributed by atoms with E-state index in [-0.39, 0.29) is 11.8 Å². The van der Waals surface area contributed by atoms with Crippen LogP contribution in [0.1, 0.15) is 6.42 Å². The van der Waals surface area contributed by atoms with Gasteiger partial charge >= 0.3 is 5.97 Å². The third-order valence-electron chi connectivity index (χ3n) is 2.59. The van der Waals surface area contributed by atoms with Crippen LogP contribution in [0.5, 0.6) is 0 Å². The van der Waals surface area contributed by atoms with Gasteiger partial charge in [-0.2, -0.15) is 0 Å². The topological polar surface area (TPSA) is 32.8 Å². The summed E-state index contributed by atoms with van der Waals surface area (Å²) < 4.78 is 4.90. The second kappa shape index (κ2) is 7.04. The Bertz CT molecular complexity index is 194. The number of halogens is 1. The van der Waals surface area contributed by atoms with Crippen LogP contribution < -0.4 is 0 Å². The van der Waals surface area contributed by atoms with Crippen LogP contribution in [-0.2, 0) is 9.53 Å². The first kappa shape index (κ1) is 12.7. The van der Waals surface area contributed by atoms with Gasteiger partial charge in [0.05, 0.1) is 6.61 Å². The number of hydrogen-bond donors (Lipinski definition) is 0. The van der Waals surface area contributed by atoms with Crippen molar-refractivity contribution in [3.05, 3.63) is 0 Å². The summed E-state index contributed by atoms with van der Waals surface area (Å²) in [4.78, 5) is 15.5. The number of nitrogens with zero attached hydrogens (tertiary/aromatic N) is 2. The lowest BCUT2D eigenvalue weighted by molar-refractivity contribution is -0.140. The lowest BCUT2D eigenvalue weighted by Crippen LogP contribution is -2.44. The molecule has 1 heterocycles. The quantitative estimate of drug-likeness (QED) is 0.392. The lowest BCUT2D eigenvalue weighted by atomic mass is 10.3. The summed E-state index contributed by atoms with van der Waals surface area (Å²) in [6.07, 6.45) is 0.895. The molecule has 1 fully saturated rings. The number of hydrogen-bond acceptors (Lipinski definition) is 4. The standard InChI is InChI=1S/C10H19ClN2O2/c1-12-4-6-13(7-5-12)3-2-8-15-10(14)9-11/h2-9H2,1H3. The Morgan fingerprint density at radius 1 is 1.33 bits per heavy atom. The van der Waals surface area contributed by atoms with Crippen LogP contribution in [0.3, 0.4) is 0 Å². The minimum atomic E-state index is -0.324. The zero-order valence-electron chi connectivity index (χ0n) is 9.25. The number of esters is 1. The average molecular weight is 235 g/mol.